The van der Waals surface area contributed by atoms with Crippen LogP contribution in [0.25, 0.3) is 11.1 Å². The van der Waals surface area contributed by atoms with E-state index < -0.39 is 0 Å². The van der Waals surface area contributed by atoms with Gasteiger partial charge in [-0.05, 0) is 36.6 Å². The summed E-state index contributed by atoms with van der Waals surface area (Å²) in [4.78, 5) is 0. The first-order valence-electron chi connectivity index (χ1n) is 7.08. The van der Waals surface area contributed by atoms with E-state index in [4.69, 9.17) is 0 Å². The highest BCUT2D eigenvalue weighted by Crippen LogP contribution is 2.22. The third kappa shape index (κ3) is 3.00. The molecular formula is C19H19N. The van der Waals surface area contributed by atoms with Crippen LogP contribution < -0.4 is 5.32 Å². The highest BCUT2D eigenvalue weighted by molar-refractivity contribution is 5.66. The van der Waals surface area contributed by atoms with Crippen molar-refractivity contribution in [1.82, 2.24) is 0 Å². The Morgan fingerprint density at radius 1 is 0.900 bits per heavy atom. The van der Waals surface area contributed by atoms with Gasteiger partial charge in [-0.15, -0.1) is 0 Å². The third-order valence-corrected chi connectivity index (χ3v) is 3.63. The molecule has 1 aliphatic rings. The van der Waals surface area contributed by atoms with Gasteiger partial charge in [0, 0.05) is 11.7 Å². The maximum absolute atomic E-state index is 3.55. The molecule has 1 N–H and O–H groups in total. The molecule has 0 radical (unpaired) electrons. The number of hydrogen-bond donors (Lipinski definition) is 1. The summed E-state index contributed by atoms with van der Waals surface area (Å²) >= 11 is 0. The van der Waals surface area contributed by atoms with Gasteiger partial charge >= 0.3 is 0 Å². The highest BCUT2D eigenvalue weighted by Gasteiger charge is 2.06. The minimum Gasteiger partial charge on any atom is -0.379 e. The van der Waals surface area contributed by atoms with Crippen molar-refractivity contribution in [2.45, 2.75) is 19.4 Å². The number of allylic oxidation sites excluding steroid dienone is 2. The topological polar surface area (TPSA) is 12.0 Å². The van der Waals surface area contributed by atoms with E-state index in [1.54, 1.807) is 0 Å². The summed E-state index contributed by atoms with van der Waals surface area (Å²) in [5, 5.41) is 3.55. The molecule has 1 aliphatic carbocycles. The van der Waals surface area contributed by atoms with Crippen LogP contribution in [0.2, 0.25) is 0 Å². The van der Waals surface area contributed by atoms with Gasteiger partial charge in [0.15, 0.2) is 0 Å². The van der Waals surface area contributed by atoms with E-state index in [-0.39, 0.29) is 0 Å². The van der Waals surface area contributed by atoms with Crippen molar-refractivity contribution in [3.05, 3.63) is 78.4 Å². The molecule has 0 saturated heterocycles. The van der Waals surface area contributed by atoms with E-state index in [1.807, 2.05) is 6.07 Å². The Morgan fingerprint density at radius 2 is 1.60 bits per heavy atom. The Labute approximate surface area is 120 Å². The molecule has 1 unspecified atom stereocenters. The fourth-order valence-electron chi connectivity index (χ4n) is 2.44. The first-order valence-corrected chi connectivity index (χ1v) is 7.08. The summed E-state index contributed by atoms with van der Waals surface area (Å²) in [6.07, 6.45) is 7.75. The molecule has 0 amide bonds. The SMILES string of the molecule is CC1=CCC(Nc2ccc(-c3ccccc3)cc2)C=C1. The zero-order valence-corrected chi connectivity index (χ0v) is 11.7. The molecule has 0 aromatic heterocycles. The first kappa shape index (κ1) is 12.7. The minimum absolute atomic E-state index is 0.404. The molecule has 0 heterocycles. The van der Waals surface area contributed by atoms with Crippen LogP contribution in [-0.4, -0.2) is 6.04 Å². The Kier molecular flexibility index (Phi) is 3.69. The molecule has 1 heteroatoms. The lowest BCUT2D eigenvalue weighted by molar-refractivity contribution is 0.874. The van der Waals surface area contributed by atoms with E-state index in [0.717, 1.165) is 6.42 Å². The van der Waals surface area contributed by atoms with Crippen LogP contribution in [0.3, 0.4) is 0 Å². The van der Waals surface area contributed by atoms with Crippen molar-refractivity contribution in [1.29, 1.82) is 0 Å². The molecule has 0 fully saturated rings. The molecule has 2 aromatic rings. The number of benzene rings is 2. The number of nitrogens with one attached hydrogen (secondary N) is 1. The molecule has 1 atom stereocenters. The van der Waals surface area contributed by atoms with Crippen LogP contribution in [0, 0.1) is 0 Å². The number of anilines is 1. The highest BCUT2D eigenvalue weighted by atomic mass is 14.9. The maximum Gasteiger partial charge on any atom is 0.0482 e. The van der Waals surface area contributed by atoms with Crippen molar-refractivity contribution in [2.24, 2.45) is 0 Å². The second-order valence-corrected chi connectivity index (χ2v) is 5.24. The van der Waals surface area contributed by atoms with E-state index in [9.17, 15) is 0 Å². The number of rotatable bonds is 3. The largest absolute Gasteiger partial charge is 0.379 e. The van der Waals surface area contributed by atoms with Crippen molar-refractivity contribution in [2.75, 3.05) is 5.32 Å². The van der Waals surface area contributed by atoms with Crippen LogP contribution in [0.1, 0.15) is 13.3 Å². The molecule has 2 aromatic carbocycles. The smallest absolute Gasteiger partial charge is 0.0482 e. The molecule has 1 nitrogen and oxygen atoms in total. The fraction of sp³-hybridized carbons (Fsp3) is 0.158. The lowest BCUT2D eigenvalue weighted by Gasteiger charge is -2.18. The van der Waals surface area contributed by atoms with Crippen LogP contribution in [0.15, 0.2) is 78.4 Å². The normalized spacial score (nSPS) is 17.6. The summed E-state index contributed by atoms with van der Waals surface area (Å²) < 4.78 is 0. The quantitative estimate of drug-likeness (QED) is 0.816. The lowest BCUT2D eigenvalue weighted by Crippen LogP contribution is -2.17. The van der Waals surface area contributed by atoms with Gasteiger partial charge in [-0.2, -0.15) is 0 Å². The summed E-state index contributed by atoms with van der Waals surface area (Å²) in [7, 11) is 0. The molecule has 3 rings (SSSR count). The molecule has 0 bridgehead atoms. The van der Waals surface area contributed by atoms with E-state index in [2.05, 4.69) is 79.0 Å². The van der Waals surface area contributed by atoms with Crippen molar-refractivity contribution in [3.63, 3.8) is 0 Å². The predicted octanol–water partition coefficient (Wildman–Crippen LogP) is 5.04. The summed E-state index contributed by atoms with van der Waals surface area (Å²) in [5.41, 5.74) is 5.04. The Morgan fingerprint density at radius 3 is 2.25 bits per heavy atom. The monoisotopic (exact) mass is 261 g/mol. The first-order chi connectivity index (χ1) is 9.81. The van der Waals surface area contributed by atoms with Gasteiger partial charge < -0.3 is 5.32 Å². The van der Waals surface area contributed by atoms with Crippen molar-refractivity contribution >= 4 is 5.69 Å². The zero-order chi connectivity index (χ0) is 13.8. The van der Waals surface area contributed by atoms with Crippen LogP contribution in [0.4, 0.5) is 5.69 Å². The van der Waals surface area contributed by atoms with E-state index in [0.29, 0.717) is 6.04 Å². The standard InChI is InChI=1S/C19H19N/c1-15-7-11-18(12-8-15)20-19-13-9-17(10-14-19)16-5-3-2-4-6-16/h2-11,13-14,18,20H,12H2,1H3. The molecule has 0 aliphatic heterocycles. The van der Waals surface area contributed by atoms with Crippen LogP contribution in [-0.2, 0) is 0 Å². The molecule has 100 valence electrons. The fourth-order valence-corrected chi connectivity index (χ4v) is 2.44. The van der Waals surface area contributed by atoms with Gasteiger partial charge in [-0.25, -0.2) is 0 Å². The van der Waals surface area contributed by atoms with Crippen molar-refractivity contribution in [3.8, 4) is 11.1 Å². The van der Waals surface area contributed by atoms with Crippen LogP contribution in [0.5, 0.6) is 0 Å². The molecule has 0 spiro atoms. The lowest BCUT2D eigenvalue weighted by atomic mass is 10.0. The van der Waals surface area contributed by atoms with Gasteiger partial charge in [-0.1, -0.05) is 66.3 Å². The maximum atomic E-state index is 3.55. The Bertz CT molecular complexity index is 621. The Balaban J connectivity index is 1.70. The zero-order valence-electron chi connectivity index (χ0n) is 11.7. The average Bonchev–Trinajstić information content (AvgIpc) is 2.51. The number of hydrogen-bond acceptors (Lipinski definition) is 1. The summed E-state index contributed by atoms with van der Waals surface area (Å²) in [5.74, 6) is 0. The third-order valence-electron chi connectivity index (χ3n) is 3.63. The van der Waals surface area contributed by atoms with E-state index in [1.165, 1.54) is 22.4 Å². The summed E-state index contributed by atoms with van der Waals surface area (Å²) in [6, 6.07) is 19.5. The molecular weight excluding hydrogens is 242 g/mol. The second-order valence-electron chi connectivity index (χ2n) is 5.24. The Hall–Kier alpha value is -2.28. The predicted molar refractivity (Wildman–Crippen MR) is 86.8 cm³/mol. The summed E-state index contributed by atoms with van der Waals surface area (Å²) in [6.45, 7) is 2.14. The molecule has 20 heavy (non-hydrogen) atoms. The minimum atomic E-state index is 0.404. The van der Waals surface area contributed by atoms with Gasteiger partial charge in [0.2, 0.25) is 0 Å². The van der Waals surface area contributed by atoms with E-state index >= 15 is 0 Å². The van der Waals surface area contributed by atoms with Gasteiger partial charge in [-0.3, -0.25) is 0 Å². The van der Waals surface area contributed by atoms with Crippen molar-refractivity contribution < 1.29 is 0 Å². The van der Waals surface area contributed by atoms with Gasteiger partial charge in [0.25, 0.3) is 0 Å². The van der Waals surface area contributed by atoms with Crippen LogP contribution >= 0.6 is 0 Å². The second kappa shape index (κ2) is 5.79. The molecule has 0 saturated carbocycles. The van der Waals surface area contributed by atoms with Gasteiger partial charge in [0.1, 0.15) is 0 Å². The average molecular weight is 261 g/mol. The van der Waals surface area contributed by atoms with Gasteiger partial charge in [0.05, 0.1) is 0 Å².